The van der Waals surface area contributed by atoms with Crippen LogP contribution in [0.25, 0.3) is 0 Å². The number of nitrogens with one attached hydrogen (secondary N) is 1. The van der Waals surface area contributed by atoms with Gasteiger partial charge in [0.05, 0.1) is 13.0 Å². The van der Waals surface area contributed by atoms with Crippen molar-refractivity contribution in [2.45, 2.75) is 31.8 Å². The quantitative estimate of drug-likeness (QED) is 0.849. The third-order valence-corrected chi connectivity index (χ3v) is 3.76. The molecule has 1 aromatic rings. The minimum absolute atomic E-state index is 0.157. The molecule has 3 atom stereocenters. The predicted octanol–water partition coefficient (Wildman–Crippen LogP) is 1.63. The fourth-order valence-electron chi connectivity index (χ4n) is 2.99. The highest BCUT2D eigenvalue weighted by Crippen LogP contribution is 2.20. The van der Waals surface area contributed by atoms with E-state index in [1.165, 1.54) is 7.11 Å². The molecule has 1 aliphatic rings. The molecule has 1 aliphatic heterocycles. The number of benzene rings is 1. The molecule has 1 N–H and O–H groups in total. The van der Waals surface area contributed by atoms with Gasteiger partial charge in [0.1, 0.15) is 0 Å². The molecule has 0 aromatic heterocycles. The number of ether oxygens (including phenoxy) is 1. The number of rotatable bonds is 4. The van der Waals surface area contributed by atoms with Gasteiger partial charge in [-0.3, -0.25) is 9.69 Å². The van der Waals surface area contributed by atoms with Gasteiger partial charge in [-0.05, 0) is 19.4 Å². The van der Waals surface area contributed by atoms with Gasteiger partial charge >= 0.3 is 5.97 Å². The number of carbonyl (C=O) groups is 1. The van der Waals surface area contributed by atoms with Crippen LogP contribution in [0.2, 0.25) is 0 Å². The minimum atomic E-state index is -0.210. The second-order valence-electron chi connectivity index (χ2n) is 5.67. The van der Waals surface area contributed by atoms with E-state index >= 15 is 0 Å². The topological polar surface area (TPSA) is 41.6 Å². The van der Waals surface area contributed by atoms with Crippen molar-refractivity contribution in [1.29, 1.82) is 0 Å². The zero-order chi connectivity index (χ0) is 14.5. The number of carbonyl (C=O) groups excluding carboxylic acids is 1. The van der Waals surface area contributed by atoms with Crippen molar-refractivity contribution in [2.75, 3.05) is 26.7 Å². The molecule has 0 bridgehead atoms. The summed E-state index contributed by atoms with van der Waals surface area (Å²) in [6.45, 7) is 7.00. The first-order valence-corrected chi connectivity index (χ1v) is 7.21. The van der Waals surface area contributed by atoms with Gasteiger partial charge in [0.25, 0.3) is 0 Å². The smallest absolute Gasteiger partial charge is 0.314 e. The van der Waals surface area contributed by atoms with Gasteiger partial charge in [-0.25, -0.2) is 0 Å². The summed E-state index contributed by atoms with van der Waals surface area (Å²) in [5.74, 6) is -0.367. The molecule has 2 rings (SSSR count). The lowest BCUT2D eigenvalue weighted by atomic mass is 9.97. The molecule has 1 heterocycles. The van der Waals surface area contributed by atoms with Crippen molar-refractivity contribution in [3.63, 3.8) is 0 Å². The zero-order valence-electron chi connectivity index (χ0n) is 12.5. The van der Waals surface area contributed by atoms with E-state index in [-0.39, 0.29) is 11.9 Å². The molecule has 110 valence electrons. The summed E-state index contributed by atoms with van der Waals surface area (Å²) in [6.07, 6.45) is 0. The molecular formula is C16H24N2O2. The zero-order valence-corrected chi connectivity index (χ0v) is 12.5. The Balaban J connectivity index is 2.10. The first-order chi connectivity index (χ1) is 9.60. The number of piperazine rings is 1. The van der Waals surface area contributed by atoms with Crippen LogP contribution in [-0.4, -0.2) is 49.7 Å². The van der Waals surface area contributed by atoms with Gasteiger partial charge in [-0.15, -0.1) is 0 Å². The van der Waals surface area contributed by atoms with Crippen molar-refractivity contribution >= 4 is 5.97 Å². The van der Waals surface area contributed by atoms with Crippen molar-refractivity contribution in [3.05, 3.63) is 35.9 Å². The average Bonchev–Trinajstić information content (AvgIpc) is 2.44. The highest BCUT2D eigenvalue weighted by Gasteiger charge is 2.28. The highest BCUT2D eigenvalue weighted by atomic mass is 16.5. The normalized spacial score (nSPS) is 25.1. The Hall–Kier alpha value is -1.39. The molecular weight excluding hydrogens is 252 g/mol. The molecule has 1 aromatic carbocycles. The maximum Gasteiger partial charge on any atom is 0.314 e. The molecule has 0 radical (unpaired) electrons. The van der Waals surface area contributed by atoms with Crippen LogP contribution in [0.1, 0.15) is 25.3 Å². The van der Waals surface area contributed by atoms with E-state index < -0.39 is 0 Å². The summed E-state index contributed by atoms with van der Waals surface area (Å²) in [5, 5.41) is 3.51. The van der Waals surface area contributed by atoms with Crippen molar-refractivity contribution < 1.29 is 9.53 Å². The highest BCUT2D eigenvalue weighted by molar-refractivity contribution is 5.78. The van der Waals surface area contributed by atoms with Gasteiger partial charge in [0.15, 0.2) is 0 Å². The summed E-state index contributed by atoms with van der Waals surface area (Å²) < 4.78 is 4.98. The van der Waals surface area contributed by atoms with Crippen LogP contribution in [0.3, 0.4) is 0 Å². The second kappa shape index (κ2) is 6.86. The third kappa shape index (κ3) is 3.81. The standard InChI is InChI=1S/C16H24N2O2/c1-12-9-18(10-13(2)17-12)11-15(16(19)20-3)14-7-5-4-6-8-14/h4-8,12-13,15,17H,9-11H2,1-3H3. The SMILES string of the molecule is COC(=O)C(CN1CC(C)NC(C)C1)c1ccccc1. The maximum atomic E-state index is 12.1. The van der Waals surface area contributed by atoms with Crippen LogP contribution >= 0.6 is 0 Å². The summed E-state index contributed by atoms with van der Waals surface area (Å²) in [7, 11) is 1.46. The minimum Gasteiger partial charge on any atom is -0.469 e. The predicted molar refractivity (Wildman–Crippen MR) is 79.7 cm³/mol. The average molecular weight is 276 g/mol. The summed E-state index contributed by atoms with van der Waals surface area (Å²) in [5.41, 5.74) is 1.03. The monoisotopic (exact) mass is 276 g/mol. The van der Waals surface area contributed by atoms with Crippen LogP contribution in [0.4, 0.5) is 0 Å². The molecule has 1 saturated heterocycles. The molecule has 0 aliphatic carbocycles. The second-order valence-corrected chi connectivity index (χ2v) is 5.67. The van der Waals surface area contributed by atoms with E-state index in [4.69, 9.17) is 4.74 Å². The third-order valence-electron chi connectivity index (χ3n) is 3.76. The van der Waals surface area contributed by atoms with Crippen LogP contribution < -0.4 is 5.32 Å². The van der Waals surface area contributed by atoms with Crippen LogP contribution in [0, 0.1) is 0 Å². The van der Waals surface area contributed by atoms with Gasteiger partial charge in [0.2, 0.25) is 0 Å². The molecule has 1 fully saturated rings. The summed E-state index contributed by atoms with van der Waals surface area (Å²) in [4.78, 5) is 14.4. The Morgan fingerprint density at radius 2 is 1.90 bits per heavy atom. The molecule has 0 saturated carbocycles. The molecule has 3 unspecified atom stereocenters. The largest absolute Gasteiger partial charge is 0.469 e. The van der Waals surface area contributed by atoms with Gasteiger partial charge in [-0.2, -0.15) is 0 Å². The van der Waals surface area contributed by atoms with Crippen LogP contribution in [0.5, 0.6) is 0 Å². The Labute approximate surface area is 121 Å². The molecule has 4 nitrogen and oxygen atoms in total. The fourth-order valence-corrected chi connectivity index (χ4v) is 2.99. The van der Waals surface area contributed by atoms with Crippen molar-refractivity contribution in [3.8, 4) is 0 Å². The lowest BCUT2D eigenvalue weighted by molar-refractivity contribution is -0.143. The van der Waals surface area contributed by atoms with Crippen molar-refractivity contribution in [1.82, 2.24) is 10.2 Å². The number of hydrogen-bond acceptors (Lipinski definition) is 4. The first kappa shape index (κ1) is 15.0. The van der Waals surface area contributed by atoms with Crippen LogP contribution in [0.15, 0.2) is 30.3 Å². The van der Waals surface area contributed by atoms with E-state index in [0.717, 1.165) is 18.7 Å². The van der Waals surface area contributed by atoms with E-state index in [9.17, 15) is 4.79 Å². The molecule has 0 spiro atoms. The van der Waals surface area contributed by atoms with Crippen molar-refractivity contribution in [2.24, 2.45) is 0 Å². The lowest BCUT2D eigenvalue weighted by Gasteiger charge is -2.37. The number of esters is 1. The maximum absolute atomic E-state index is 12.1. The van der Waals surface area contributed by atoms with E-state index in [1.54, 1.807) is 0 Å². The van der Waals surface area contributed by atoms with Gasteiger partial charge in [0, 0.05) is 31.7 Å². The fraction of sp³-hybridized carbons (Fsp3) is 0.562. The van der Waals surface area contributed by atoms with E-state index in [2.05, 4.69) is 24.1 Å². The summed E-state index contributed by atoms with van der Waals surface area (Å²) >= 11 is 0. The van der Waals surface area contributed by atoms with Gasteiger partial charge in [-0.1, -0.05) is 30.3 Å². The van der Waals surface area contributed by atoms with E-state index in [1.807, 2.05) is 30.3 Å². The Kier molecular flexibility index (Phi) is 5.15. The Bertz CT molecular complexity index is 425. The summed E-state index contributed by atoms with van der Waals surface area (Å²) in [6, 6.07) is 10.8. The molecule has 20 heavy (non-hydrogen) atoms. The number of nitrogens with zero attached hydrogens (tertiary/aromatic N) is 1. The van der Waals surface area contributed by atoms with Crippen LogP contribution in [-0.2, 0) is 9.53 Å². The van der Waals surface area contributed by atoms with E-state index in [0.29, 0.717) is 18.6 Å². The molecule has 0 amide bonds. The lowest BCUT2D eigenvalue weighted by Crippen LogP contribution is -2.55. The Morgan fingerprint density at radius 3 is 2.45 bits per heavy atom. The first-order valence-electron chi connectivity index (χ1n) is 7.21. The number of hydrogen-bond donors (Lipinski definition) is 1. The Morgan fingerprint density at radius 1 is 1.30 bits per heavy atom. The molecule has 4 heteroatoms. The van der Waals surface area contributed by atoms with Gasteiger partial charge < -0.3 is 10.1 Å². The number of methoxy groups -OCH3 is 1.